The molecule has 0 fully saturated rings. The molecule has 0 aliphatic rings. The third-order valence-electron chi connectivity index (χ3n) is 4.82. The zero-order valence-corrected chi connectivity index (χ0v) is 16.7. The molecule has 0 radical (unpaired) electrons. The molecule has 0 unspecified atom stereocenters. The fourth-order valence-corrected chi connectivity index (χ4v) is 3.19. The van der Waals surface area contributed by atoms with E-state index in [0.29, 0.717) is 30.2 Å². The molecule has 8 heteroatoms. The standard InChI is InChI=1S/C20H28N6O2/c1-4-5-11-21-12-13-22-19-23-17-16(18(27)25(3)20(28)24(17)2)26(19)14-15-9-7-6-8-10-15/h6-10,21H,4-5,11-14H2,1-3H3,(H,22,23). The fraction of sp³-hybridized carbons (Fsp3) is 0.450. The van der Waals surface area contributed by atoms with Crippen molar-refractivity contribution in [1.29, 1.82) is 0 Å². The Balaban J connectivity index is 1.98. The zero-order chi connectivity index (χ0) is 20.1. The SMILES string of the molecule is CCCCNCCNc1nc2c(c(=O)n(C)c(=O)n2C)n1Cc1ccccc1. The number of hydrogen-bond donors (Lipinski definition) is 2. The molecule has 0 amide bonds. The topological polar surface area (TPSA) is 85.9 Å². The van der Waals surface area contributed by atoms with Crippen LogP contribution in [0.3, 0.4) is 0 Å². The molecule has 8 nitrogen and oxygen atoms in total. The largest absolute Gasteiger partial charge is 0.354 e. The van der Waals surface area contributed by atoms with Gasteiger partial charge in [-0.15, -0.1) is 0 Å². The van der Waals surface area contributed by atoms with E-state index >= 15 is 0 Å². The Morgan fingerprint density at radius 2 is 1.75 bits per heavy atom. The lowest BCUT2D eigenvalue weighted by molar-refractivity contribution is 0.650. The molecule has 0 atom stereocenters. The van der Waals surface area contributed by atoms with Gasteiger partial charge in [0.25, 0.3) is 5.56 Å². The number of fused-ring (bicyclic) bond motifs is 1. The second kappa shape index (κ2) is 8.88. The van der Waals surface area contributed by atoms with Crippen molar-refractivity contribution in [3.63, 3.8) is 0 Å². The summed E-state index contributed by atoms with van der Waals surface area (Å²) >= 11 is 0. The number of imidazole rings is 1. The van der Waals surface area contributed by atoms with Crippen LogP contribution in [0.2, 0.25) is 0 Å². The fourth-order valence-electron chi connectivity index (χ4n) is 3.19. The summed E-state index contributed by atoms with van der Waals surface area (Å²) in [7, 11) is 3.13. The van der Waals surface area contributed by atoms with Gasteiger partial charge in [0.05, 0.1) is 6.54 Å². The molecule has 0 saturated carbocycles. The van der Waals surface area contributed by atoms with Gasteiger partial charge in [-0.3, -0.25) is 18.5 Å². The van der Waals surface area contributed by atoms with Crippen molar-refractivity contribution in [2.75, 3.05) is 25.0 Å². The molecule has 0 aliphatic carbocycles. The van der Waals surface area contributed by atoms with Crippen LogP contribution in [0, 0.1) is 0 Å². The van der Waals surface area contributed by atoms with Crippen LogP contribution < -0.4 is 21.9 Å². The molecule has 0 bridgehead atoms. The smallest absolute Gasteiger partial charge is 0.332 e. The summed E-state index contributed by atoms with van der Waals surface area (Å²) < 4.78 is 4.41. The van der Waals surface area contributed by atoms with Crippen molar-refractivity contribution >= 4 is 17.1 Å². The highest BCUT2D eigenvalue weighted by Crippen LogP contribution is 2.17. The number of aromatic nitrogens is 4. The number of benzene rings is 1. The maximum Gasteiger partial charge on any atom is 0.332 e. The minimum Gasteiger partial charge on any atom is -0.354 e. The van der Waals surface area contributed by atoms with Gasteiger partial charge < -0.3 is 10.6 Å². The van der Waals surface area contributed by atoms with Crippen molar-refractivity contribution in [3.05, 3.63) is 56.7 Å². The second-order valence-corrected chi connectivity index (χ2v) is 6.92. The number of nitrogens with zero attached hydrogens (tertiary/aromatic N) is 4. The minimum atomic E-state index is -0.380. The van der Waals surface area contributed by atoms with E-state index < -0.39 is 0 Å². The minimum absolute atomic E-state index is 0.337. The Morgan fingerprint density at radius 3 is 2.46 bits per heavy atom. The van der Waals surface area contributed by atoms with Gasteiger partial charge >= 0.3 is 5.69 Å². The van der Waals surface area contributed by atoms with Gasteiger partial charge in [-0.05, 0) is 18.5 Å². The lowest BCUT2D eigenvalue weighted by Gasteiger charge is -2.11. The first kappa shape index (κ1) is 19.9. The van der Waals surface area contributed by atoms with E-state index in [1.165, 1.54) is 11.6 Å². The van der Waals surface area contributed by atoms with Gasteiger partial charge in [-0.1, -0.05) is 43.7 Å². The quantitative estimate of drug-likeness (QED) is 0.543. The number of rotatable bonds is 9. The van der Waals surface area contributed by atoms with Gasteiger partial charge in [0.1, 0.15) is 0 Å². The summed E-state index contributed by atoms with van der Waals surface area (Å²) in [5, 5.41) is 6.70. The van der Waals surface area contributed by atoms with E-state index in [9.17, 15) is 9.59 Å². The number of unbranched alkanes of at least 4 members (excludes halogenated alkanes) is 1. The Morgan fingerprint density at radius 1 is 1.00 bits per heavy atom. The first-order valence-electron chi connectivity index (χ1n) is 9.69. The van der Waals surface area contributed by atoms with Crippen molar-refractivity contribution in [2.24, 2.45) is 14.1 Å². The number of hydrogen-bond acceptors (Lipinski definition) is 5. The van der Waals surface area contributed by atoms with Crippen LogP contribution in [0.4, 0.5) is 5.95 Å². The molecule has 1 aromatic carbocycles. The molecule has 0 spiro atoms. The summed E-state index contributed by atoms with van der Waals surface area (Å²) in [4.78, 5) is 29.7. The molecular formula is C20H28N6O2. The Labute approximate surface area is 163 Å². The van der Waals surface area contributed by atoms with Crippen molar-refractivity contribution in [1.82, 2.24) is 24.0 Å². The van der Waals surface area contributed by atoms with Gasteiger partial charge in [0.2, 0.25) is 5.95 Å². The number of anilines is 1. The van der Waals surface area contributed by atoms with Gasteiger partial charge in [0, 0.05) is 27.2 Å². The highest BCUT2D eigenvalue weighted by molar-refractivity contribution is 5.74. The lowest BCUT2D eigenvalue weighted by Crippen LogP contribution is -2.37. The van der Waals surface area contributed by atoms with Crippen LogP contribution in [-0.2, 0) is 20.6 Å². The van der Waals surface area contributed by atoms with Crippen LogP contribution in [-0.4, -0.2) is 38.3 Å². The van der Waals surface area contributed by atoms with E-state index in [2.05, 4.69) is 22.5 Å². The van der Waals surface area contributed by atoms with Gasteiger partial charge in [0.15, 0.2) is 11.2 Å². The average Bonchev–Trinajstić information content (AvgIpc) is 3.06. The molecule has 28 heavy (non-hydrogen) atoms. The lowest BCUT2D eigenvalue weighted by atomic mass is 10.2. The average molecular weight is 384 g/mol. The van der Waals surface area contributed by atoms with Crippen LogP contribution >= 0.6 is 0 Å². The zero-order valence-electron chi connectivity index (χ0n) is 16.7. The summed E-state index contributed by atoms with van der Waals surface area (Å²) in [6.07, 6.45) is 2.30. The molecule has 0 aliphatic heterocycles. The van der Waals surface area contributed by atoms with Crippen LogP contribution in [0.25, 0.3) is 11.2 Å². The molecule has 3 rings (SSSR count). The Kier molecular flexibility index (Phi) is 6.30. The molecule has 2 N–H and O–H groups in total. The highest BCUT2D eigenvalue weighted by atomic mass is 16.2. The second-order valence-electron chi connectivity index (χ2n) is 6.92. The molecule has 150 valence electrons. The first-order valence-corrected chi connectivity index (χ1v) is 9.69. The van der Waals surface area contributed by atoms with Crippen molar-refractivity contribution in [3.8, 4) is 0 Å². The molecule has 2 aromatic heterocycles. The molecule has 2 heterocycles. The summed E-state index contributed by atoms with van der Waals surface area (Å²) in [5.74, 6) is 0.592. The Hall–Kier alpha value is -2.87. The third-order valence-corrected chi connectivity index (χ3v) is 4.82. The third kappa shape index (κ3) is 4.01. The molecule has 0 saturated heterocycles. The predicted molar refractivity (Wildman–Crippen MR) is 112 cm³/mol. The van der Waals surface area contributed by atoms with E-state index in [1.807, 2.05) is 34.9 Å². The van der Waals surface area contributed by atoms with Crippen molar-refractivity contribution < 1.29 is 0 Å². The van der Waals surface area contributed by atoms with E-state index in [4.69, 9.17) is 0 Å². The van der Waals surface area contributed by atoms with E-state index in [-0.39, 0.29) is 11.2 Å². The first-order chi connectivity index (χ1) is 13.5. The summed E-state index contributed by atoms with van der Waals surface area (Å²) in [6, 6.07) is 9.90. The maximum atomic E-state index is 12.8. The molecular weight excluding hydrogens is 356 g/mol. The van der Waals surface area contributed by atoms with Crippen LogP contribution in [0.15, 0.2) is 39.9 Å². The van der Waals surface area contributed by atoms with Gasteiger partial charge in [-0.25, -0.2) is 4.79 Å². The summed E-state index contributed by atoms with van der Waals surface area (Å²) in [5.41, 5.74) is 1.16. The van der Waals surface area contributed by atoms with Gasteiger partial charge in [-0.2, -0.15) is 4.98 Å². The van der Waals surface area contributed by atoms with E-state index in [0.717, 1.165) is 36.1 Å². The normalized spacial score (nSPS) is 11.2. The maximum absolute atomic E-state index is 12.8. The van der Waals surface area contributed by atoms with Crippen LogP contribution in [0.1, 0.15) is 25.3 Å². The Bertz CT molecular complexity index is 1050. The summed E-state index contributed by atoms with van der Waals surface area (Å²) in [6.45, 7) is 5.11. The van der Waals surface area contributed by atoms with E-state index in [1.54, 1.807) is 7.05 Å². The number of aryl methyl sites for hydroxylation is 1. The predicted octanol–water partition coefficient (Wildman–Crippen LogP) is 1.28. The monoisotopic (exact) mass is 384 g/mol. The van der Waals surface area contributed by atoms with Crippen molar-refractivity contribution in [2.45, 2.75) is 26.3 Å². The highest BCUT2D eigenvalue weighted by Gasteiger charge is 2.19. The molecule has 3 aromatic rings. The number of nitrogens with one attached hydrogen (secondary N) is 2. The van der Waals surface area contributed by atoms with Crippen LogP contribution in [0.5, 0.6) is 0 Å².